The summed E-state index contributed by atoms with van der Waals surface area (Å²) in [5.41, 5.74) is 1.11. The molecule has 2 aromatic rings. The minimum Gasteiger partial charge on any atom is -0.448 e. The van der Waals surface area contributed by atoms with Crippen molar-refractivity contribution in [2.75, 3.05) is 13.1 Å². The molecule has 0 N–H and O–H groups in total. The average Bonchev–Trinajstić information content (AvgIpc) is 2.72. The summed E-state index contributed by atoms with van der Waals surface area (Å²) in [7, 11) is 0. The fourth-order valence-electron chi connectivity index (χ4n) is 5.09. The highest BCUT2D eigenvalue weighted by atomic mass is 16.7. The molecule has 0 aliphatic carbocycles. The number of piperidine rings is 3. The Hall–Kier alpha value is -2.66. The molecule has 138 valence electrons. The summed E-state index contributed by atoms with van der Waals surface area (Å²) < 4.78 is 11.7. The Balaban J connectivity index is 1.73. The second kappa shape index (κ2) is 6.20. The van der Waals surface area contributed by atoms with Crippen LogP contribution < -0.4 is 0 Å². The first-order valence-corrected chi connectivity index (χ1v) is 9.49. The van der Waals surface area contributed by atoms with E-state index in [1.165, 1.54) is 0 Å². The zero-order valence-electron chi connectivity index (χ0n) is 14.9. The molecule has 0 spiro atoms. The van der Waals surface area contributed by atoms with Crippen LogP contribution in [0.4, 0.5) is 0 Å². The molecule has 2 aromatic carbocycles. The molecule has 0 radical (unpaired) electrons. The summed E-state index contributed by atoms with van der Waals surface area (Å²) in [6.07, 6.45) is 1.46. The molecule has 5 heteroatoms. The molecule has 4 aliphatic rings. The third kappa shape index (κ3) is 2.42. The zero-order valence-corrected chi connectivity index (χ0v) is 14.9. The van der Waals surface area contributed by atoms with Gasteiger partial charge in [-0.05, 0) is 24.0 Å². The standard InChI is InChI=1S/C22H21NO4/c24-20-21(25)27-22(19(26-20)17-11-13-23(22)14-12-17)18(15-7-3-1-4-8-15)16-9-5-2-6-10-16/h1-10,17-19H,11-14H2. The van der Waals surface area contributed by atoms with Gasteiger partial charge in [0.15, 0.2) is 6.10 Å². The summed E-state index contributed by atoms with van der Waals surface area (Å²) in [5.74, 6) is -1.79. The Kier molecular flexibility index (Phi) is 3.79. The molecule has 2 unspecified atom stereocenters. The van der Waals surface area contributed by atoms with E-state index in [0.29, 0.717) is 0 Å². The topological polar surface area (TPSA) is 55.8 Å². The number of esters is 2. The predicted molar refractivity (Wildman–Crippen MR) is 97.7 cm³/mol. The third-order valence-corrected chi connectivity index (χ3v) is 6.21. The maximum absolute atomic E-state index is 12.4. The third-order valence-electron chi connectivity index (χ3n) is 6.21. The van der Waals surface area contributed by atoms with Crippen LogP contribution in [0.5, 0.6) is 0 Å². The first-order chi connectivity index (χ1) is 13.2. The first kappa shape index (κ1) is 16.5. The van der Waals surface area contributed by atoms with Gasteiger partial charge in [-0.1, -0.05) is 60.7 Å². The average molecular weight is 363 g/mol. The summed E-state index contributed by atoms with van der Waals surface area (Å²) in [6.45, 7) is 1.67. The van der Waals surface area contributed by atoms with Gasteiger partial charge in [0.2, 0.25) is 5.72 Å². The lowest BCUT2D eigenvalue weighted by Gasteiger charge is -2.60. The molecule has 6 rings (SSSR count). The summed E-state index contributed by atoms with van der Waals surface area (Å²) in [5, 5.41) is 0. The first-order valence-electron chi connectivity index (χ1n) is 9.49. The lowest BCUT2D eigenvalue weighted by molar-refractivity contribution is -0.289. The van der Waals surface area contributed by atoms with Gasteiger partial charge in [-0.25, -0.2) is 9.59 Å². The molecule has 4 saturated heterocycles. The van der Waals surface area contributed by atoms with Crippen LogP contribution in [0, 0.1) is 5.92 Å². The minimum atomic E-state index is -0.991. The number of hydrogen-bond donors (Lipinski definition) is 0. The quantitative estimate of drug-likeness (QED) is 0.620. The molecule has 0 amide bonds. The van der Waals surface area contributed by atoms with Crippen molar-refractivity contribution >= 4 is 11.9 Å². The van der Waals surface area contributed by atoms with Crippen LogP contribution in [0.15, 0.2) is 60.7 Å². The highest BCUT2D eigenvalue weighted by Gasteiger charge is 2.65. The van der Waals surface area contributed by atoms with Gasteiger partial charge < -0.3 is 9.47 Å². The summed E-state index contributed by atoms with van der Waals surface area (Å²) in [4.78, 5) is 26.6. The van der Waals surface area contributed by atoms with Gasteiger partial charge in [-0.15, -0.1) is 0 Å². The van der Waals surface area contributed by atoms with Crippen molar-refractivity contribution in [2.45, 2.75) is 30.6 Å². The van der Waals surface area contributed by atoms with E-state index >= 15 is 0 Å². The van der Waals surface area contributed by atoms with E-state index in [1.54, 1.807) is 0 Å². The summed E-state index contributed by atoms with van der Waals surface area (Å²) in [6, 6.07) is 20.1. The fraction of sp³-hybridized carbons (Fsp3) is 0.364. The number of nitrogens with zero attached hydrogens (tertiary/aromatic N) is 1. The van der Waals surface area contributed by atoms with Crippen LogP contribution in [-0.2, 0) is 19.1 Å². The molecule has 0 aromatic heterocycles. The molecule has 4 aliphatic heterocycles. The van der Waals surface area contributed by atoms with Crippen LogP contribution in [-0.4, -0.2) is 41.8 Å². The number of hydrogen-bond acceptors (Lipinski definition) is 5. The van der Waals surface area contributed by atoms with E-state index in [0.717, 1.165) is 37.1 Å². The van der Waals surface area contributed by atoms with Crippen molar-refractivity contribution in [3.63, 3.8) is 0 Å². The number of carbonyl (C=O) groups is 2. The number of benzene rings is 2. The largest absolute Gasteiger partial charge is 0.448 e. The van der Waals surface area contributed by atoms with Crippen LogP contribution in [0.1, 0.15) is 29.9 Å². The molecule has 27 heavy (non-hydrogen) atoms. The van der Waals surface area contributed by atoms with Crippen LogP contribution in [0.3, 0.4) is 0 Å². The van der Waals surface area contributed by atoms with Crippen molar-refractivity contribution in [1.82, 2.24) is 4.90 Å². The van der Waals surface area contributed by atoms with Crippen molar-refractivity contribution in [3.05, 3.63) is 71.8 Å². The number of ether oxygens (including phenoxy) is 2. The number of fused-ring (bicyclic) bond motifs is 2. The Labute approximate surface area is 157 Å². The Morgan fingerprint density at radius 2 is 1.41 bits per heavy atom. The fourth-order valence-corrected chi connectivity index (χ4v) is 5.09. The van der Waals surface area contributed by atoms with Crippen molar-refractivity contribution in [3.8, 4) is 0 Å². The normalized spacial score (nSPS) is 32.0. The van der Waals surface area contributed by atoms with E-state index in [2.05, 4.69) is 29.2 Å². The van der Waals surface area contributed by atoms with Gasteiger partial charge in [0.25, 0.3) is 0 Å². The molecule has 0 saturated carbocycles. The Bertz CT molecular complexity index is 821. The van der Waals surface area contributed by atoms with Gasteiger partial charge in [0.05, 0.1) is 5.92 Å². The van der Waals surface area contributed by atoms with E-state index in [1.807, 2.05) is 36.4 Å². The smallest absolute Gasteiger partial charge is 0.419 e. The summed E-state index contributed by atoms with van der Waals surface area (Å²) >= 11 is 0. The maximum atomic E-state index is 12.4. The van der Waals surface area contributed by atoms with Crippen LogP contribution in [0.25, 0.3) is 0 Å². The molecule has 4 heterocycles. The number of carbonyl (C=O) groups excluding carboxylic acids is 2. The molecule has 4 fully saturated rings. The van der Waals surface area contributed by atoms with E-state index < -0.39 is 23.8 Å². The molecule has 2 bridgehead atoms. The second-order valence-electron chi connectivity index (χ2n) is 7.55. The molecular weight excluding hydrogens is 342 g/mol. The highest BCUT2D eigenvalue weighted by Crippen LogP contribution is 2.52. The van der Waals surface area contributed by atoms with Crippen molar-refractivity contribution < 1.29 is 19.1 Å². The van der Waals surface area contributed by atoms with Crippen LogP contribution >= 0.6 is 0 Å². The van der Waals surface area contributed by atoms with Crippen molar-refractivity contribution in [1.29, 1.82) is 0 Å². The zero-order chi connectivity index (χ0) is 18.4. The van der Waals surface area contributed by atoms with Gasteiger partial charge in [-0.2, -0.15) is 0 Å². The lowest BCUT2D eigenvalue weighted by Crippen LogP contribution is -2.74. The van der Waals surface area contributed by atoms with E-state index in [-0.39, 0.29) is 11.8 Å². The maximum Gasteiger partial charge on any atom is 0.419 e. The second-order valence-corrected chi connectivity index (χ2v) is 7.55. The van der Waals surface area contributed by atoms with Gasteiger partial charge in [0, 0.05) is 19.0 Å². The highest BCUT2D eigenvalue weighted by molar-refractivity contribution is 6.30. The van der Waals surface area contributed by atoms with Gasteiger partial charge in [-0.3, -0.25) is 4.90 Å². The SMILES string of the molecule is O=C1OC2C3CCN(CC3)C2(C(c2ccccc2)c2ccccc2)OC1=O. The van der Waals surface area contributed by atoms with Crippen LogP contribution in [0.2, 0.25) is 0 Å². The monoisotopic (exact) mass is 363 g/mol. The van der Waals surface area contributed by atoms with Gasteiger partial charge >= 0.3 is 11.9 Å². The predicted octanol–water partition coefficient (Wildman–Crippen LogP) is 2.71. The molecule has 2 atom stereocenters. The van der Waals surface area contributed by atoms with Crippen molar-refractivity contribution in [2.24, 2.45) is 5.92 Å². The Morgan fingerprint density at radius 3 is 1.96 bits per heavy atom. The number of rotatable bonds is 3. The van der Waals surface area contributed by atoms with Gasteiger partial charge in [0.1, 0.15) is 0 Å². The lowest BCUT2D eigenvalue weighted by atomic mass is 9.68. The van der Waals surface area contributed by atoms with E-state index in [9.17, 15) is 9.59 Å². The molecule has 5 nitrogen and oxygen atoms in total. The Morgan fingerprint density at radius 1 is 0.852 bits per heavy atom. The van der Waals surface area contributed by atoms with E-state index in [4.69, 9.17) is 9.47 Å². The molecular formula is C22H21NO4. The minimum absolute atomic E-state index is 0.210.